The van der Waals surface area contributed by atoms with Gasteiger partial charge in [0.1, 0.15) is 0 Å². The third-order valence-electron chi connectivity index (χ3n) is 7.17. The van der Waals surface area contributed by atoms with Crippen molar-refractivity contribution in [1.82, 2.24) is 19.4 Å². The van der Waals surface area contributed by atoms with Gasteiger partial charge in [-0.05, 0) is 57.6 Å². The Kier molecular flexibility index (Phi) is 10.8. The number of nitrogens with one attached hydrogen (secondary N) is 1. The molecule has 1 amide bonds. The highest BCUT2D eigenvalue weighted by Crippen LogP contribution is 2.42. The van der Waals surface area contributed by atoms with Crippen molar-refractivity contribution >= 4 is 21.9 Å². The van der Waals surface area contributed by atoms with Gasteiger partial charge in [-0.15, -0.1) is 0 Å². The van der Waals surface area contributed by atoms with Crippen LogP contribution in [0.4, 0.5) is 0 Å². The zero-order chi connectivity index (χ0) is 27.9. The first-order chi connectivity index (χ1) is 18.0. The molecule has 0 bridgehead atoms. The number of fused-ring (bicyclic) bond motifs is 1. The predicted octanol–water partition coefficient (Wildman–Crippen LogP) is 1.40. The van der Waals surface area contributed by atoms with Gasteiger partial charge in [0.05, 0.1) is 18.7 Å². The molecule has 2 aliphatic rings. The Morgan fingerprint density at radius 1 is 1.13 bits per heavy atom. The zero-order valence-electron chi connectivity index (χ0n) is 22.9. The first kappa shape index (κ1) is 30.1. The van der Waals surface area contributed by atoms with Crippen molar-refractivity contribution in [3.05, 3.63) is 23.8 Å². The molecule has 1 aromatic rings. The molecule has 2 aliphatic heterocycles. The van der Waals surface area contributed by atoms with Crippen LogP contribution < -0.4 is 14.2 Å². The number of likely N-dealkylation sites (tertiary alicyclic amines) is 1. The van der Waals surface area contributed by atoms with Crippen molar-refractivity contribution in [2.45, 2.75) is 44.6 Å². The number of hydrogen-bond acceptors (Lipinski definition) is 8. The minimum Gasteiger partial charge on any atom is -0.481 e. The van der Waals surface area contributed by atoms with Crippen LogP contribution in [0.3, 0.4) is 0 Å². The van der Waals surface area contributed by atoms with Crippen molar-refractivity contribution < 1.29 is 32.6 Å². The van der Waals surface area contributed by atoms with E-state index in [1.165, 1.54) is 0 Å². The lowest BCUT2D eigenvalue weighted by Crippen LogP contribution is -2.46. The minimum absolute atomic E-state index is 0.0336. The van der Waals surface area contributed by atoms with E-state index in [9.17, 15) is 23.1 Å². The lowest BCUT2D eigenvalue weighted by molar-refractivity contribution is -0.143. The Labute approximate surface area is 226 Å². The topological polar surface area (TPSA) is 129 Å². The van der Waals surface area contributed by atoms with Crippen molar-refractivity contribution in [2.24, 2.45) is 5.92 Å². The number of nitrogens with zero attached hydrogens (tertiary/aromatic N) is 3. The summed E-state index contributed by atoms with van der Waals surface area (Å²) in [4.78, 5) is 32.0. The van der Waals surface area contributed by atoms with E-state index in [0.717, 1.165) is 37.6 Å². The molecule has 1 fully saturated rings. The SMILES string of the molecule is CCCCN(CCCN(C)C)C(=O)CN1CC(c2ccc3c(c2)OCO3)C(C(=O)O)C1CCNS(C)(=O)=O. The highest BCUT2D eigenvalue weighted by molar-refractivity contribution is 7.88. The molecule has 0 radical (unpaired) electrons. The molecule has 0 spiro atoms. The van der Waals surface area contributed by atoms with Gasteiger partial charge in [0, 0.05) is 38.1 Å². The van der Waals surface area contributed by atoms with Gasteiger partial charge in [-0.25, -0.2) is 13.1 Å². The summed E-state index contributed by atoms with van der Waals surface area (Å²) in [6.45, 7) is 4.91. The quantitative estimate of drug-likeness (QED) is 0.331. The maximum absolute atomic E-state index is 13.5. The molecule has 1 saturated heterocycles. The number of aliphatic carboxylic acids is 1. The van der Waals surface area contributed by atoms with E-state index < -0.39 is 33.9 Å². The number of ether oxygens (including phenoxy) is 2. The summed E-state index contributed by atoms with van der Waals surface area (Å²) in [6.07, 6.45) is 4.06. The Morgan fingerprint density at radius 2 is 1.84 bits per heavy atom. The van der Waals surface area contributed by atoms with E-state index in [1.54, 1.807) is 6.07 Å². The molecule has 1 aromatic carbocycles. The number of amides is 1. The Hall–Kier alpha value is -2.41. The van der Waals surface area contributed by atoms with Gasteiger partial charge >= 0.3 is 5.97 Å². The number of hydrogen-bond donors (Lipinski definition) is 2. The van der Waals surface area contributed by atoms with Crippen LogP contribution in [0.2, 0.25) is 0 Å². The lowest BCUT2D eigenvalue weighted by atomic mass is 9.84. The fourth-order valence-electron chi connectivity index (χ4n) is 5.29. The fraction of sp³-hybridized carbons (Fsp3) is 0.692. The summed E-state index contributed by atoms with van der Waals surface area (Å²) in [7, 11) is 0.567. The number of carbonyl (C=O) groups is 2. The van der Waals surface area contributed by atoms with Gasteiger partial charge < -0.3 is 24.4 Å². The van der Waals surface area contributed by atoms with Crippen LogP contribution in [-0.2, 0) is 19.6 Å². The second kappa shape index (κ2) is 13.6. The highest BCUT2D eigenvalue weighted by atomic mass is 32.2. The largest absolute Gasteiger partial charge is 0.481 e. The molecule has 0 saturated carbocycles. The third kappa shape index (κ3) is 8.29. The zero-order valence-corrected chi connectivity index (χ0v) is 23.7. The van der Waals surface area contributed by atoms with Gasteiger partial charge in [0.15, 0.2) is 11.5 Å². The average molecular weight is 555 g/mol. The summed E-state index contributed by atoms with van der Waals surface area (Å²) in [5.41, 5.74) is 0.798. The van der Waals surface area contributed by atoms with E-state index in [2.05, 4.69) is 16.5 Å². The summed E-state index contributed by atoms with van der Waals surface area (Å²) < 4.78 is 36.8. The number of carbonyl (C=O) groups excluding carboxylic acids is 1. The number of sulfonamides is 1. The molecule has 2 heterocycles. The molecule has 214 valence electrons. The minimum atomic E-state index is -3.43. The molecule has 11 nitrogen and oxygen atoms in total. The van der Waals surface area contributed by atoms with Crippen LogP contribution in [0.5, 0.6) is 11.5 Å². The fourth-order valence-corrected chi connectivity index (χ4v) is 5.78. The van der Waals surface area contributed by atoms with Crippen molar-refractivity contribution in [1.29, 1.82) is 0 Å². The molecular weight excluding hydrogens is 512 g/mol. The molecule has 3 rings (SSSR count). The van der Waals surface area contributed by atoms with E-state index in [4.69, 9.17) is 9.47 Å². The first-order valence-corrected chi connectivity index (χ1v) is 15.1. The van der Waals surface area contributed by atoms with Gasteiger partial charge in [-0.1, -0.05) is 19.4 Å². The second-order valence-electron chi connectivity index (χ2n) is 10.4. The number of carboxylic acids is 1. The van der Waals surface area contributed by atoms with Crippen LogP contribution in [0.15, 0.2) is 18.2 Å². The summed E-state index contributed by atoms with van der Waals surface area (Å²) in [5.74, 6) is -1.03. The summed E-state index contributed by atoms with van der Waals surface area (Å²) in [5, 5.41) is 10.3. The number of rotatable bonds is 15. The maximum atomic E-state index is 13.5. The van der Waals surface area contributed by atoms with E-state index >= 15 is 0 Å². The molecule has 12 heteroatoms. The monoisotopic (exact) mass is 554 g/mol. The maximum Gasteiger partial charge on any atom is 0.308 e. The third-order valence-corrected chi connectivity index (χ3v) is 7.90. The first-order valence-electron chi connectivity index (χ1n) is 13.2. The van der Waals surface area contributed by atoms with Crippen LogP contribution in [0.25, 0.3) is 0 Å². The van der Waals surface area contributed by atoms with Gasteiger partial charge in [0.2, 0.25) is 22.7 Å². The van der Waals surface area contributed by atoms with Crippen LogP contribution in [0.1, 0.15) is 44.1 Å². The van der Waals surface area contributed by atoms with E-state index in [-0.39, 0.29) is 32.2 Å². The lowest BCUT2D eigenvalue weighted by Gasteiger charge is -2.30. The number of unbranched alkanes of at least 4 members (excludes halogenated alkanes) is 1. The van der Waals surface area contributed by atoms with Crippen molar-refractivity contribution in [2.75, 3.05) is 66.4 Å². The van der Waals surface area contributed by atoms with Gasteiger partial charge in [-0.2, -0.15) is 0 Å². The van der Waals surface area contributed by atoms with Crippen molar-refractivity contribution in [3.63, 3.8) is 0 Å². The van der Waals surface area contributed by atoms with Gasteiger partial charge in [-0.3, -0.25) is 14.5 Å². The smallest absolute Gasteiger partial charge is 0.308 e. The van der Waals surface area contributed by atoms with E-state index in [0.29, 0.717) is 31.1 Å². The van der Waals surface area contributed by atoms with Crippen LogP contribution >= 0.6 is 0 Å². The van der Waals surface area contributed by atoms with E-state index in [1.807, 2.05) is 36.0 Å². The van der Waals surface area contributed by atoms with Gasteiger partial charge in [0.25, 0.3) is 0 Å². The number of benzene rings is 1. The molecule has 3 atom stereocenters. The molecule has 38 heavy (non-hydrogen) atoms. The van der Waals surface area contributed by atoms with Crippen molar-refractivity contribution in [3.8, 4) is 11.5 Å². The Morgan fingerprint density at radius 3 is 2.50 bits per heavy atom. The molecule has 0 aromatic heterocycles. The normalized spacial score (nSPS) is 21.2. The molecular formula is C26H42N4O7S. The van der Waals surface area contributed by atoms with Crippen LogP contribution in [-0.4, -0.2) is 113 Å². The summed E-state index contributed by atoms with van der Waals surface area (Å²) >= 11 is 0. The Balaban J connectivity index is 1.83. The summed E-state index contributed by atoms with van der Waals surface area (Å²) in [6, 6.07) is 4.92. The molecule has 0 aliphatic carbocycles. The second-order valence-corrected chi connectivity index (χ2v) is 12.3. The predicted molar refractivity (Wildman–Crippen MR) is 144 cm³/mol. The Bertz CT molecular complexity index is 1070. The van der Waals surface area contributed by atoms with Crippen LogP contribution in [0, 0.1) is 5.92 Å². The molecule has 3 unspecified atom stereocenters. The highest BCUT2D eigenvalue weighted by Gasteiger charge is 2.47. The number of carboxylic acid groups (broad SMARTS) is 1. The standard InChI is InChI=1S/C26H42N4O7S/c1-5-6-13-29(14-7-12-28(2)3)24(31)17-30-16-20(19-8-9-22-23(15-19)37-18-36-22)25(26(32)33)21(30)10-11-27-38(4,34)35/h8-9,15,20-21,25,27H,5-7,10-14,16-18H2,1-4H3,(H,32,33). The molecule has 2 N–H and O–H groups in total. The average Bonchev–Trinajstić information content (AvgIpc) is 3.44.